The topological polar surface area (TPSA) is 59.9 Å². The third-order valence-corrected chi connectivity index (χ3v) is 4.73. The Kier molecular flexibility index (Phi) is 6.08. The predicted molar refractivity (Wildman–Crippen MR) is 110 cm³/mol. The molecule has 1 amide bonds. The summed E-state index contributed by atoms with van der Waals surface area (Å²) in [5.74, 6) is 0.380. The number of hydrogen-bond donors (Lipinski definition) is 1. The van der Waals surface area contributed by atoms with E-state index in [0.717, 1.165) is 22.1 Å². The lowest BCUT2D eigenvalue weighted by molar-refractivity contribution is -0.114. The van der Waals surface area contributed by atoms with Crippen molar-refractivity contribution in [3.63, 3.8) is 0 Å². The first-order chi connectivity index (χ1) is 13.1. The van der Waals surface area contributed by atoms with Crippen molar-refractivity contribution >= 4 is 38.3 Å². The molecule has 0 aromatic heterocycles. The SMILES string of the molecule is CNC(=O)C(=NOC)c1ccccc1C(Br)Oc1ccc2ccccc2c1. The fourth-order valence-corrected chi connectivity index (χ4v) is 3.37. The Labute approximate surface area is 166 Å². The molecule has 0 heterocycles. The first-order valence-corrected chi connectivity index (χ1v) is 9.27. The fourth-order valence-electron chi connectivity index (χ4n) is 2.76. The predicted octanol–water partition coefficient (Wildman–Crippen LogP) is 4.41. The third kappa shape index (κ3) is 4.28. The van der Waals surface area contributed by atoms with Gasteiger partial charge in [0, 0.05) is 18.2 Å². The number of halogens is 1. The van der Waals surface area contributed by atoms with Crippen LogP contribution in [0.4, 0.5) is 0 Å². The molecule has 0 aliphatic rings. The Morgan fingerprint density at radius 2 is 1.74 bits per heavy atom. The maximum Gasteiger partial charge on any atom is 0.273 e. The second-order valence-corrected chi connectivity index (χ2v) is 6.56. The highest BCUT2D eigenvalue weighted by molar-refractivity contribution is 9.09. The Bertz CT molecular complexity index is 988. The van der Waals surface area contributed by atoms with Crippen molar-refractivity contribution in [1.82, 2.24) is 5.32 Å². The Balaban J connectivity index is 1.93. The van der Waals surface area contributed by atoms with Crippen LogP contribution in [0.3, 0.4) is 0 Å². The monoisotopic (exact) mass is 426 g/mol. The van der Waals surface area contributed by atoms with E-state index in [-0.39, 0.29) is 11.6 Å². The first-order valence-electron chi connectivity index (χ1n) is 8.36. The van der Waals surface area contributed by atoms with Gasteiger partial charge in [-0.2, -0.15) is 0 Å². The van der Waals surface area contributed by atoms with Gasteiger partial charge in [-0.1, -0.05) is 59.8 Å². The summed E-state index contributed by atoms with van der Waals surface area (Å²) in [5, 5.41) is 8.23. The number of benzene rings is 3. The molecule has 0 radical (unpaired) electrons. The second-order valence-electron chi connectivity index (χ2n) is 5.73. The Hall–Kier alpha value is -2.86. The van der Waals surface area contributed by atoms with E-state index >= 15 is 0 Å². The number of fused-ring (bicyclic) bond motifs is 1. The molecule has 1 atom stereocenters. The molecule has 0 spiro atoms. The van der Waals surface area contributed by atoms with Gasteiger partial charge < -0.3 is 14.9 Å². The van der Waals surface area contributed by atoms with Crippen LogP contribution in [0.1, 0.15) is 16.1 Å². The number of nitrogens with one attached hydrogen (secondary N) is 1. The third-order valence-electron chi connectivity index (χ3n) is 4.05. The van der Waals surface area contributed by atoms with Gasteiger partial charge in [-0.3, -0.25) is 4.79 Å². The van der Waals surface area contributed by atoms with E-state index in [1.54, 1.807) is 13.1 Å². The van der Waals surface area contributed by atoms with Crippen molar-refractivity contribution < 1.29 is 14.4 Å². The zero-order valence-electron chi connectivity index (χ0n) is 15.0. The zero-order chi connectivity index (χ0) is 19.2. The highest BCUT2D eigenvalue weighted by Gasteiger charge is 2.22. The molecule has 0 saturated heterocycles. The van der Waals surface area contributed by atoms with Gasteiger partial charge in [0.15, 0.2) is 10.7 Å². The summed E-state index contributed by atoms with van der Waals surface area (Å²) >= 11 is 3.58. The van der Waals surface area contributed by atoms with Gasteiger partial charge in [-0.25, -0.2) is 0 Å². The molecule has 27 heavy (non-hydrogen) atoms. The molecule has 138 valence electrons. The first kappa shape index (κ1) is 18.9. The van der Waals surface area contributed by atoms with Crippen molar-refractivity contribution in [2.75, 3.05) is 14.2 Å². The van der Waals surface area contributed by atoms with Crippen LogP contribution in [-0.4, -0.2) is 25.8 Å². The molecule has 0 fully saturated rings. The van der Waals surface area contributed by atoms with Crippen LogP contribution in [0.15, 0.2) is 71.9 Å². The summed E-state index contributed by atoms with van der Waals surface area (Å²) in [6.45, 7) is 0. The molecular formula is C21H19BrN2O3. The van der Waals surface area contributed by atoms with Crippen LogP contribution in [0, 0.1) is 0 Å². The lowest BCUT2D eigenvalue weighted by Gasteiger charge is -2.17. The van der Waals surface area contributed by atoms with Crippen molar-refractivity contribution in [3.8, 4) is 5.75 Å². The summed E-state index contributed by atoms with van der Waals surface area (Å²) in [6.07, 6.45) is 0. The quantitative estimate of drug-likeness (QED) is 0.360. The van der Waals surface area contributed by atoms with E-state index in [9.17, 15) is 4.79 Å². The average Bonchev–Trinajstić information content (AvgIpc) is 2.71. The summed E-state index contributed by atoms with van der Waals surface area (Å²) in [5.41, 5.74) is 1.58. The van der Waals surface area contributed by atoms with Gasteiger partial charge >= 0.3 is 0 Å². The van der Waals surface area contributed by atoms with Gasteiger partial charge in [0.2, 0.25) is 0 Å². The minimum Gasteiger partial charge on any atom is -0.474 e. The van der Waals surface area contributed by atoms with Gasteiger partial charge in [-0.05, 0) is 38.8 Å². The van der Waals surface area contributed by atoms with Gasteiger partial charge in [0.25, 0.3) is 5.91 Å². The summed E-state index contributed by atoms with van der Waals surface area (Å²) < 4.78 is 6.08. The summed E-state index contributed by atoms with van der Waals surface area (Å²) in [4.78, 5) is 17.1. The van der Waals surface area contributed by atoms with Crippen LogP contribution in [0.5, 0.6) is 5.75 Å². The minimum atomic E-state index is -0.471. The molecular weight excluding hydrogens is 408 g/mol. The number of oxime groups is 1. The Morgan fingerprint density at radius 1 is 1.04 bits per heavy atom. The highest BCUT2D eigenvalue weighted by atomic mass is 79.9. The number of ether oxygens (including phenoxy) is 1. The number of alkyl halides is 1. The lowest BCUT2D eigenvalue weighted by atomic mass is 10.0. The van der Waals surface area contributed by atoms with Crippen molar-refractivity contribution in [1.29, 1.82) is 0 Å². The Morgan fingerprint density at radius 3 is 2.48 bits per heavy atom. The van der Waals surface area contributed by atoms with E-state index in [2.05, 4.69) is 32.5 Å². The van der Waals surface area contributed by atoms with E-state index < -0.39 is 5.01 Å². The number of nitrogens with zero attached hydrogens (tertiary/aromatic N) is 1. The zero-order valence-corrected chi connectivity index (χ0v) is 16.6. The number of amides is 1. The van der Waals surface area contributed by atoms with Crippen LogP contribution in [-0.2, 0) is 9.63 Å². The maximum atomic E-state index is 12.2. The van der Waals surface area contributed by atoms with E-state index in [1.165, 1.54) is 7.11 Å². The number of carbonyl (C=O) groups is 1. The molecule has 3 rings (SSSR count). The molecule has 1 N–H and O–H groups in total. The smallest absolute Gasteiger partial charge is 0.273 e. The van der Waals surface area contributed by atoms with Gasteiger partial charge in [-0.15, -0.1) is 0 Å². The summed E-state index contributed by atoms with van der Waals surface area (Å²) in [7, 11) is 2.95. The van der Waals surface area contributed by atoms with Crippen molar-refractivity contribution in [2.24, 2.45) is 5.16 Å². The molecule has 0 saturated carbocycles. The van der Waals surface area contributed by atoms with Gasteiger partial charge in [0.05, 0.1) is 0 Å². The molecule has 5 nitrogen and oxygen atoms in total. The average molecular weight is 427 g/mol. The molecule has 1 unspecified atom stereocenters. The molecule has 6 heteroatoms. The van der Waals surface area contributed by atoms with Crippen LogP contribution in [0.25, 0.3) is 10.8 Å². The highest BCUT2D eigenvalue weighted by Crippen LogP contribution is 2.31. The second kappa shape index (κ2) is 8.68. The molecule has 0 aliphatic carbocycles. The van der Waals surface area contributed by atoms with Crippen LogP contribution >= 0.6 is 15.9 Å². The maximum absolute atomic E-state index is 12.2. The summed E-state index contributed by atoms with van der Waals surface area (Å²) in [6, 6.07) is 21.4. The normalized spacial score (nSPS) is 12.5. The number of hydrogen-bond acceptors (Lipinski definition) is 4. The van der Waals surface area contributed by atoms with E-state index in [4.69, 9.17) is 9.57 Å². The fraction of sp³-hybridized carbons (Fsp3) is 0.143. The number of rotatable bonds is 6. The van der Waals surface area contributed by atoms with E-state index in [1.807, 2.05) is 54.6 Å². The van der Waals surface area contributed by atoms with Crippen molar-refractivity contribution in [2.45, 2.75) is 5.01 Å². The number of likely N-dealkylation sites (N-methyl/N-ethyl adjacent to an activating group) is 1. The standard InChI is InChI=1S/C21H19BrN2O3/c1-23-21(25)19(24-26-2)17-9-5-6-10-18(17)20(22)27-16-12-11-14-7-3-4-8-15(14)13-16/h3-13,20H,1-2H3,(H,23,25). The van der Waals surface area contributed by atoms with Crippen molar-refractivity contribution in [3.05, 3.63) is 77.9 Å². The van der Waals surface area contributed by atoms with Crippen LogP contribution in [0.2, 0.25) is 0 Å². The lowest BCUT2D eigenvalue weighted by Crippen LogP contribution is -2.29. The number of carbonyl (C=O) groups excluding carboxylic acids is 1. The molecule has 0 bridgehead atoms. The minimum absolute atomic E-state index is 0.183. The molecule has 3 aromatic carbocycles. The van der Waals surface area contributed by atoms with Crippen LogP contribution < -0.4 is 10.1 Å². The van der Waals surface area contributed by atoms with Gasteiger partial charge in [0.1, 0.15) is 12.9 Å². The molecule has 0 aliphatic heterocycles. The molecule has 3 aromatic rings. The largest absolute Gasteiger partial charge is 0.474 e. The van der Waals surface area contributed by atoms with E-state index in [0.29, 0.717) is 5.56 Å².